The van der Waals surface area contributed by atoms with Crippen LogP contribution in [-0.4, -0.2) is 34.4 Å². The van der Waals surface area contributed by atoms with Gasteiger partial charge in [0, 0.05) is 43.8 Å². The summed E-state index contributed by atoms with van der Waals surface area (Å²) in [5, 5.41) is 3.14. The van der Waals surface area contributed by atoms with Crippen LogP contribution in [0.25, 0.3) is 0 Å². The zero-order valence-electron chi connectivity index (χ0n) is 12.6. The lowest BCUT2D eigenvalue weighted by atomic mass is 10.2. The lowest BCUT2D eigenvalue weighted by Gasteiger charge is -2.18. The molecule has 0 spiro atoms. The number of amides is 1. The molecule has 0 aliphatic carbocycles. The highest BCUT2D eigenvalue weighted by molar-refractivity contribution is 5.94. The zero-order chi connectivity index (χ0) is 15.2. The van der Waals surface area contributed by atoms with Crippen LogP contribution in [0.1, 0.15) is 28.5 Å². The molecule has 5 heteroatoms. The number of aryl methyl sites for hydroxylation is 1. The van der Waals surface area contributed by atoms with E-state index in [1.807, 2.05) is 32.0 Å². The first-order valence-electron chi connectivity index (χ1n) is 6.97. The van der Waals surface area contributed by atoms with Gasteiger partial charge in [0.05, 0.1) is 0 Å². The Balaban J connectivity index is 2.15. The van der Waals surface area contributed by atoms with E-state index in [4.69, 9.17) is 0 Å². The van der Waals surface area contributed by atoms with Crippen molar-refractivity contribution in [2.24, 2.45) is 0 Å². The highest BCUT2D eigenvalue weighted by Crippen LogP contribution is 2.13. The summed E-state index contributed by atoms with van der Waals surface area (Å²) in [5.74, 6) is 0.708. The topological polar surface area (TPSA) is 58.1 Å². The number of pyridine rings is 2. The van der Waals surface area contributed by atoms with Crippen molar-refractivity contribution in [1.82, 2.24) is 14.9 Å². The standard InChI is InChI=1S/C16H20N4O/c1-4-18-15-9-14(8-12(2)19-15)16(21)20(3)11-13-6-5-7-17-10-13/h5-10H,4,11H2,1-3H3,(H,18,19). The zero-order valence-corrected chi connectivity index (χ0v) is 12.6. The Morgan fingerprint density at radius 2 is 2.19 bits per heavy atom. The lowest BCUT2D eigenvalue weighted by molar-refractivity contribution is 0.0785. The van der Waals surface area contributed by atoms with Crippen LogP contribution in [0.5, 0.6) is 0 Å². The third-order valence-corrected chi connectivity index (χ3v) is 3.05. The second-order valence-electron chi connectivity index (χ2n) is 4.94. The molecule has 0 aromatic carbocycles. The van der Waals surface area contributed by atoms with E-state index >= 15 is 0 Å². The normalized spacial score (nSPS) is 10.2. The predicted molar refractivity (Wildman–Crippen MR) is 83.2 cm³/mol. The fraction of sp³-hybridized carbons (Fsp3) is 0.312. The van der Waals surface area contributed by atoms with Gasteiger partial charge >= 0.3 is 0 Å². The van der Waals surface area contributed by atoms with Crippen molar-refractivity contribution in [1.29, 1.82) is 0 Å². The average Bonchev–Trinajstić information content (AvgIpc) is 2.47. The minimum Gasteiger partial charge on any atom is -0.370 e. The van der Waals surface area contributed by atoms with Gasteiger partial charge in [-0.25, -0.2) is 4.98 Å². The number of carbonyl (C=O) groups excluding carboxylic acids is 1. The van der Waals surface area contributed by atoms with Crippen LogP contribution in [0.3, 0.4) is 0 Å². The summed E-state index contributed by atoms with van der Waals surface area (Å²) < 4.78 is 0. The Morgan fingerprint density at radius 1 is 1.38 bits per heavy atom. The molecule has 2 heterocycles. The monoisotopic (exact) mass is 284 g/mol. The van der Waals surface area contributed by atoms with E-state index < -0.39 is 0 Å². The van der Waals surface area contributed by atoms with E-state index in [1.165, 1.54) is 0 Å². The van der Waals surface area contributed by atoms with Crippen molar-refractivity contribution < 1.29 is 4.79 Å². The fourth-order valence-electron chi connectivity index (χ4n) is 2.12. The Hall–Kier alpha value is -2.43. The number of anilines is 1. The largest absolute Gasteiger partial charge is 0.370 e. The SMILES string of the molecule is CCNc1cc(C(=O)N(C)Cc2cccnc2)cc(C)n1. The molecule has 21 heavy (non-hydrogen) atoms. The summed E-state index contributed by atoms with van der Waals surface area (Å²) in [6.45, 7) is 5.19. The molecular formula is C16H20N4O. The second-order valence-corrected chi connectivity index (χ2v) is 4.94. The van der Waals surface area contributed by atoms with Crippen molar-refractivity contribution in [3.8, 4) is 0 Å². The number of hydrogen-bond donors (Lipinski definition) is 1. The minimum atomic E-state index is -0.0245. The number of rotatable bonds is 5. The number of nitrogens with one attached hydrogen (secondary N) is 1. The van der Waals surface area contributed by atoms with Gasteiger partial charge in [-0.05, 0) is 37.6 Å². The van der Waals surface area contributed by atoms with E-state index in [9.17, 15) is 4.79 Å². The molecule has 0 saturated heterocycles. The molecule has 0 aliphatic rings. The first-order chi connectivity index (χ1) is 10.1. The molecule has 1 N–H and O–H groups in total. The van der Waals surface area contributed by atoms with E-state index in [-0.39, 0.29) is 5.91 Å². The van der Waals surface area contributed by atoms with Crippen molar-refractivity contribution in [2.45, 2.75) is 20.4 Å². The molecule has 2 rings (SSSR count). The summed E-state index contributed by atoms with van der Waals surface area (Å²) in [4.78, 5) is 22.6. The van der Waals surface area contributed by atoms with Crippen LogP contribution in [0, 0.1) is 6.92 Å². The predicted octanol–water partition coefficient (Wildman–Crippen LogP) is 2.49. The van der Waals surface area contributed by atoms with E-state index in [0.29, 0.717) is 12.1 Å². The van der Waals surface area contributed by atoms with Crippen LogP contribution >= 0.6 is 0 Å². The average molecular weight is 284 g/mol. The molecule has 0 atom stereocenters. The molecule has 0 saturated carbocycles. The van der Waals surface area contributed by atoms with Crippen molar-refractivity contribution in [2.75, 3.05) is 18.9 Å². The van der Waals surface area contributed by atoms with Crippen molar-refractivity contribution in [3.05, 3.63) is 53.5 Å². The Bertz CT molecular complexity index is 613. The number of nitrogens with zero attached hydrogens (tertiary/aromatic N) is 3. The van der Waals surface area contributed by atoms with Crippen LogP contribution in [0.2, 0.25) is 0 Å². The molecule has 2 aromatic heterocycles. The van der Waals surface area contributed by atoms with Crippen molar-refractivity contribution >= 4 is 11.7 Å². The highest BCUT2D eigenvalue weighted by Gasteiger charge is 2.14. The van der Waals surface area contributed by atoms with Crippen molar-refractivity contribution in [3.63, 3.8) is 0 Å². The third-order valence-electron chi connectivity index (χ3n) is 3.05. The third kappa shape index (κ3) is 4.02. The number of hydrogen-bond acceptors (Lipinski definition) is 4. The number of aromatic nitrogens is 2. The Kier molecular flexibility index (Phi) is 4.87. The van der Waals surface area contributed by atoms with Gasteiger partial charge < -0.3 is 10.2 Å². The first-order valence-corrected chi connectivity index (χ1v) is 6.97. The van der Waals surface area contributed by atoms with E-state index in [2.05, 4.69) is 15.3 Å². The summed E-state index contributed by atoms with van der Waals surface area (Å²) >= 11 is 0. The van der Waals surface area contributed by atoms with Crippen LogP contribution in [-0.2, 0) is 6.54 Å². The molecule has 110 valence electrons. The van der Waals surface area contributed by atoms with Gasteiger partial charge in [-0.15, -0.1) is 0 Å². The molecular weight excluding hydrogens is 264 g/mol. The molecule has 0 fully saturated rings. The van der Waals surface area contributed by atoms with E-state index in [0.717, 1.165) is 23.6 Å². The maximum Gasteiger partial charge on any atom is 0.254 e. The molecule has 1 amide bonds. The molecule has 0 radical (unpaired) electrons. The summed E-state index contributed by atoms with van der Waals surface area (Å²) in [7, 11) is 1.79. The first kappa shape index (κ1) is 15.0. The maximum absolute atomic E-state index is 12.5. The van der Waals surface area contributed by atoms with Gasteiger partial charge in [0.25, 0.3) is 5.91 Å². The molecule has 2 aromatic rings. The quantitative estimate of drug-likeness (QED) is 0.916. The highest BCUT2D eigenvalue weighted by atomic mass is 16.2. The molecule has 0 aliphatic heterocycles. The minimum absolute atomic E-state index is 0.0245. The summed E-state index contributed by atoms with van der Waals surface area (Å²) in [6, 6.07) is 7.42. The Labute approximate surface area is 125 Å². The smallest absolute Gasteiger partial charge is 0.254 e. The van der Waals surface area contributed by atoms with Gasteiger partial charge in [-0.1, -0.05) is 6.07 Å². The van der Waals surface area contributed by atoms with E-state index in [1.54, 1.807) is 30.4 Å². The molecule has 0 bridgehead atoms. The van der Waals surface area contributed by atoms with Gasteiger partial charge in [-0.2, -0.15) is 0 Å². The summed E-state index contributed by atoms with van der Waals surface area (Å²) in [5.41, 5.74) is 2.47. The molecule has 0 unspecified atom stereocenters. The van der Waals surface area contributed by atoms with Gasteiger partial charge in [-0.3, -0.25) is 9.78 Å². The lowest BCUT2D eigenvalue weighted by Crippen LogP contribution is -2.26. The van der Waals surface area contributed by atoms with Crippen LogP contribution in [0.15, 0.2) is 36.7 Å². The molecule has 5 nitrogen and oxygen atoms in total. The maximum atomic E-state index is 12.5. The van der Waals surface area contributed by atoms with Crippen LogP contribution in [0.4, 0.5) is 5.82 Å². The second kappa shape index (κ2) is 6.83. The van der Waals surface area contributed by atoms with Gasteiger partial charge in [0.2, 0.25) is 0 Å². The van der Waals surface area contributed by atoms with Crippen LogP contribution < -0.4 is 5.32 Å². The van der Waals surface area contributed by atoms with Gasteiger partial charge in [0.15, 0.2) is 0 Å². The van der Waals surface area contributed by atoms with Gasteiger partial charge in [0.1, 0.15) is 5.82 Å². The Morgan fingerprint density at radius 3 is 2.86 bits per heavy atom. The fourth-order valence-corrected chi connectivity index (χ4v) is 2.12. The summed E-state index contributed by atoms with van der Waals surface area (Å²) in [6.07, 6.45) is 3.49. The number of carbonyl (C=O) groups is 1.